The van der Waals surface area contributed by atoms with Crippen LogP contribution in [0.3, 0.4) is 0 Å². The molecule has 2 heterocycles. The molecule has 0 bridgehead atoms. The number of ether oxygens (including phenoxy) is 2. The van der Waals surface area contributed by atoms with Crippen LogP contribution in [0.5, 0.6) is 11.5 Å². The van der Waals surface area contributed by atoms with E-state index >= 15 is 0 Å². The van der Waals surface area contributed by atoms with Gasteiger partial charge in [0, 0.05) is 12.0 Å². The maximum atomic E-state index is 11.8. The predicted molar refractivity (Wildman–Crippen MR) is 106 cm³/mol. The van der Waals surface area contributed by atoms with Gasteiger partial charge in [-0.1, -0.05) is 0 Å². The van der Waals surface area contributed by atoms with E-state index in [0.29, 0.717) is 6.54 Å². The largest absolute Gasteiger partial charge is 1.00 e. The van der Waals surface area contributed by atoms with Crippen LogP contribution < -0.4 is 31.4 Å². The van der Waals surface area contributed by atoms with Crippen molar-refractivity contribution in [2.45, 2.75) is 31.4 Å². The van der Waals surface area contributed by atoms with Crippen LogP contribution in [-0.2, 0) is 5.72 Å². The molecule has 0 aliphatic carbocycles. The van der Waals surface area contributed by atoms with Gasteiger partial charge >= 0.3 is 0 Å². The fourth-order valence-electron chi connectivity index (χ4n) is 4.18. The Labute approximate surface area is 177 Å². The van der Waals surface area contributed by atoms with Crippen LogP contribution in [0.2, 0.25) is 0 Å². The molecule has 150 valence electrons. The van der Waals surface area contributed by atoms with Crippen molar-refractivity contribution in [3.05, 3.63) is 54.1 Å². The third kappa shape index (κ3) is 3.63. The Kier molecular flexibility index (Phi) is 6.30. The van der Waals surface area contributed by atoms with E-state index in [1.54, 1.807) is 14.2 Å². The van der Waals surface area contributed by atoms with Gasteiger partial charge in [0.25, 0.3) is 11.6 Å². The minimum absolute atomic E-state index is 0. The minimum Gasteiger partial charge on any atom is -1.00 e. The summed E-state index contributed by atoms with van der Waals surface area (Å²) >= 11 is 0. The highest BCUT2D eigenvalue weighted by Gasteiger charge is 2.51. The lowest BCUT2D eigenvalue weighted by atomic mass is 10.0. The summed E-state index contributed by atoms with van der Waals surface area (Å²) in [6.07, 6.45) is 4.41. The number of rotatable bonds is 4. The predicted octanol–water partition coefficient (Wildman–Crippen LogP) is 0.358. The Bertz CT molecular complexity index is 836. The van der Waals surface area contributed by atoms with Crippen molar-refractivity contribution in [1.82, 2.24) is 0 Å². The van der Waals surface area contributed by atoms with Gasteiger partial charge in [0.2, 0.25) is 0 Å². The number of amidine groups is 1. The first-order valence-corrected chi connectivity index (χ1v) is 9.58. The zero-order chi connectivity index (χ0) is 18.9. The van der Waals surface area contributed by atoms with Crippen molar-refractivity contribution in [1.29, 1.82) is 0 Å². The molecule has 28 heavy (non-hydrogen) atoms. The Hall–Kier alpha value is -2.05. The number of methoxy groups -OCH3 is 2. The maximum absolute atomic E-state index is 11.8. The van der Waals surface area contributed by atoms with Gasteiger partial charge in [0.05, 0.1) is 20.8 Å². The molecule has 1 atom stereocenters. The van der Waals surface area contributed by atoms with Gasteiger partial charge in [-0.05, 0) is 67.8 Å². The van der Waals surface area contributed by atoms with E-state index < -0.39 is 5.72 Å². The fraction of sp³-hybridized carbons (Fsp3) is 0.409. The molecule has 1 unspecified atom stereocenters. The van der Waals surface area contributed by atoms with Gasteiger partial charge in [-0.15, -0.1) is 0 Å². The van der Waals surface area contributed by atoms with Crippen molar-refractivity contribution in [2.75, 3.05) is 32.2 Å². The first kappa shape index (κ1) is 20.7. The lowest BCUT2D eigenvalue weighted by Crippen LogP contribution is -3.00. The molecule has 0 spiro atoms. The number of hydrogen-bond acceptors (Lipinski definition) is 4. The van der Waals surface area contributed by atoms with Crippen LogP contribution in [0, 0.1) is 0 Å². The molecule has 1 N–H and O–H groups in total. The summed E-state index contributed by atoms with van der Waals surface area (Å²) < 4.78 is 12.8. The second-order valence-electron chi connectivity index (χ2n) is 7.21. The summed E-state index contributed by atoms with van der Waals surface area (Å²) in [6.45, 7) is 1.38. The molecule has 0 saturated heterocycles. The molecular weight excluding hydrogens is 420 g/mol. The smallest absolute Gasteiger partial charge is 0.271 e. The molecule has 0 fully saturated rings. The fourth-order valence-corrected chi connectivity index (χ4v) is 4.18. The van der Waals surface area contributed by atoms with E-state index in [1.165, 1.54) is 12.3 Å². The number of aliphatic hydroxyl groups is 1. The topological polar surface area (TPSA) is 44.9 Å². The molecule has 5 nitrogen and oxygen atoms in total. The standard InChI is InChI=1S/C22H27N2O3.BrH/c1-26-19-11-7-17(8-12-19)22(25)16-23(18-9-13-20(27-2)14-10-18)21-6-4-3-5-15-24(21)22;/h7-14,25H,3-6,15-16H2,1-2H3;1H/q+1;/p-1. The molecule has 0 amide bonds. The second-order valence-corrected chi connectivity index (χ2v) is 7.21. The molecule has 2 aliphatic rings. The molecule has 4 rings (SSSR count). The number of β-amino-alcohol motifs (C(OH)–C–C–N with tert-alkyl or cyclic N) is 1. The zero-order valence-corrected chi connectivity index (χ0v) is 18.0. The second kappa shape index (κ2) is 8.53. The van der Waals surface area contributed by atoms with Gasteiger partial charge in [0.1, 0.15) is 17.2 Å². The normalized spacial score (nSPS) is 21.6. The van der Waals surface area contributed by atoms with Crippen molar-refractivity contribution < 1.29 is 36.1 Å². The van der Waals surface area contributed by atoms with Crippen LogP contribution in [0.1, 0.15) is 31.2 Å². The lowest BCUT2D eigenvalue weighted by molar-refractivity contribution is -0.658. The van der Waals surface area contributed by atoms with E-state index in [1.807, 2.05) is 36.4 Å². The van der Waals surface area contributed by atoms with E-state index in [2.05, 4.69) is 21.6 Å². The van der Waals surface area contributed by atoms with Gasteiger partial charge in [0.15, 0.2) is 6.54 Å². The number of nitrogens with zero attached hydrogens (tertiary/aromatic N) is 2. The molecule has 6 heteroatoms. The molecule has 2 aromatic carbocycles. The van der Waals surface area contributed by atoms with E-state index in [4.69, 9.17) is 9.47 Å². The highest BCUT2D eigenvalue weighted by Crippen LogP contribution is 2.36. The first-order chi connectivity index (χ1) is 13.2. The van der Waals surface area contributed by atoms with Crippen LogP contribution in [0.4, 0.5) is 5.69 Å². The van der Waals surface area contributed by atoms with Crippen LogP contribution >= 0.6 is 0 Å². The molecule has 2 aromatic rings. The molecule has 2 aliphatic heterocycles. The summed E-state index contributed by atoms with van der Waals surface area (Å²) in [5.41, 5.74) is 0.951. The van der Waals surface area contributed by atoms with E-state index in [0.717, 1.165) is 48.6 Å². The summed E-state index contributed by atoms with van der Waals surface area (Å²) in [5, 5.41) is 11.8. The summed E-state index contributed by atoms with van der Waals surface area (Å²) in [5.74, 6) is 2.84. The average molecular weight is 447 g/mol. The van der Waals surface area contributed by atoms with Crippen molar-refractivity contribution in [2.24, 2.45) is 0 Å². The third-order valence-corrected chi connectivity index (χ3v) is 5.67. The van der Waals surface area contributed by atoms with E-state index in [-0.39, 0.29) is 17.0 Å². The number of hydrogen-bond donors (Lipinski definition) is 1. The molecule has 0 saturated carbocycles. The third-order valence-electron chi connectivity index (χ3n) is 5.67. The Morgan fingerprint density at radius 3 is 2.11 bits per heavy atom. The van der Waals surface area contributed by atoms with Crippen molar-refractivity contribution >= 4 is 11.5 Å². The van der Waals surface area contributed by atoms with Crippen molar-refractivity contribution in [3.8, 4) is 11.5 Å². The van der Waals surface area contributed by atoms with Gasteiger partial charge in [-0.2, -0.15) is 0 Å². The van der Waals surface area contributed by atoms with E-state index in [9.17, 15) is 5.11 Å². The van der Waals surface area contributed by atoms with Gasteiger partial charge in [-0.25, -0.2) is 9.48 Å². The van der Waals surface area contributed by atoms with Crippen molar-refractivity contribution in [3.63, 3.8) is 0 Å². The Morgan fingerprint density at radius 2 is 1.50 bits per heavy atom. The first-order valence-electron chi connectivity index (χ1n) is 9.58. The number of halogens is 1. The monoisotopic (exact) mass is 446 g/mol. The zero-order valence-electron chi connectivity index (χ0n) is 16.4. The highest BCUT2D eigenvalue weighted by molar-refractivity contribution is 5.96. The summed E-state index contributed by atoms with van der Waals surface area (Å²) in [7, 11) is 3.33. The average Bonchev–Trinajstić information content (AvgIpc) is 2.87. The number of benzene rings is 2. The summed E-state index contributed by atoms with van der Waals surface area (Å²) in [4.78, 5) is 2.26. The maximum Gasteiger partial charge on any atom is 0.271 e. The van der Waals surface area contributed by atoms with Gasteiger partial charge in [-0.3, -0.25) is 0 Å². The molecular formula is C22H27BrN2O3. The van der Waals surface area contributed by atoms with Crippen LogP contribution in [0.15, 0.2) is 48.5 Å². The SMILES string of the molecule is COc1ccc(N2CC(O)(c3ccc(OC)cc3)[N+]3=C2CCCCC3)cc1.[Br-]. The quantitative estimate of drug-likeness (QED) is 0.688. The molecule has 0 aromatic heterocycles. The lowest BCUT2D eigenvalue weighted by Gasteiger charge is -2.23. The summed E-state index contributed by atoms with van der Waals surface area (Å²) in [6, 6.07) is 15.9. The highest BCUT2D eigenvalue weighted by atomic mass is 79.9. The minimum atomic E-state index is -1.04. The Balaban J connectivity index is 0.00000225. The Morgan fingerprint density at radius 1 is 0.893 bits per heavy atom. The van der Waals surface area contributed by atoms with Gasteiger partial charge < -0.3 is 31.6 Å². The molecule has 0 radical (unpaired) electrons. The van der Waals surface area contributed by atoms with Crippen LogP contribution in [0.25, 0.3) is 0 Å². The number of anilines is 1. The van der Waals surface area contributed by atoms with Crippen LogP contribution in [-0.4, -0.2) is 42.8 Å².